The molecule has 0 aromatic carbocycles. The van der Waals surface area contributed by atoms with Gasteiger partial charge in [0, 0.05) is 16.7 Å². The summed E-state index contributed by atoms with van der Waals surface area (Å²) >= 11 is 3.09. The lowest BCUT2D eigenvalue weighted by molar-refractivity contribution is -0.120. The molecule has 2 aromatic heterocycles. The summed E-state index contributed by atoms with van der Waals surface area (Å²) in [4.78, 5) is 30.3. The SMILES string of the molecule is CC(=O)NC(CC(=O)Nc1nc2c(s1)CCC2)c1cccs1. The van der Waals surface area contributed by atoms with Gasteiger partial charge in [-0.3, -0.25) is 9.59 Å². The standard InChI is InChI=1S/C15H17N3O2S2/c1-9(19)16-11(12-6-3-7-21-12)8-14(20)18-15-17-10-4-2-5-13(10)22-15/h3,6-7,11H,2,4-5,8H2,1H3,(H,16,19)(H,17,18,20). The number of hydrogen-bond donors (Lipinski definition) is 2. The second-order valence-electron chi connectivity index (χ2n) is 5.26. The van der Waals surface area contributed by atoms with Crippen LogP contribution < -0.4 is 10.6 Å². The van der Waals surface area contributed by atoms with Gasteiger partial charge in [0.1, 0.15) is 0 Å². The van der Waals surface area contributed by atoms with E-state index in [1.807, 2.05) is 17.5 Å². The van der Waals surface area contributed by atoms with Crippen LogP contribution in [-0.2, 0) is 22.4 Å². The van der Waals surface area contributed by atoms with Gasteiger partial charge in [0.2, 0.25) is 11.8 Å². The van der Waals surface area contributed by atoms with Crippen molar-refractivity contribution in [3.63, 3.8) is 0 Å². The van der Waals surface area contributed by atoms with Crippen LogP contribution in [0.4, 0.5) is 5.13 Å². The maximum Gasteiger partial charge on any atom is 0.228 e. The third kappa shape index (κ3) is 3.53. The first kappa shape index (κ1) is 15.2. The number of aromatic nitrogens is 1. The second kappa shape index (κ2) is 6.58. The van der Waals surface area contributed by atoms with Crippen molar-refractivity contribution in [2.75, 3.05) is 5.32 Å². The molecule has 0 aliphatic heterocycles. The smallest absolute Gasteiger partial charge is 0.228 e. The molecule has 1 aliphatic rings. The highest BCUT2D eigenvalue weighted by Gasteiger charge is 2.21. The van der Waals surface area contributed by atoms with Crippen LogP contribution in [-0.4, -0.2) is 16.8 Å². The number of rotatable bonds is 5. The number of fused-ring (bicyclic) bond motifs is 1. The first-order chi connectivity index (χ1) is 10.6. The number of carbonyl (C=O) groups is 2. The van der Waals surface area contributed by atoms with E-state index in [9.17, 15) is 9.59 Å². The second-order valence-corrected chi connectivity index (χ2v) is 7.33. The molecule has 2 aromatic rings. The molecule has 116 valence electrons. The maximum absolute atomic E-state index is 12.2. The lowest BCUT2D eigenvalue weighted by atomic mass is 10.1. The number of nitrogens with zero attached hydrogens (tertiary/aromatic N) is 1. The average Bonchev–Trinajstić information content (AvgIpc) is 3.13. The first-order valence-corrected chi connectivity index (χ1v) is 8.90. The molecule has 2 amide bonds. The van der Waals surface area contributed by atoms with Crippen LogP contribution in [0, 0.1) is 0 Å². The Hall–Kier alpha value is -1.73. The van der Waals surface area contributed by atoms with Crippen LogP contribution in [0.2, 0.25) is 0 Å². The van der Waals surface area contributed by atoms with Crippen molar-refractivity contribution in [1.29, 1.82) is 0 Å². The highest BCUT2D eigenvalue weighted by Crippen LogP contribution is 2.31. The number of thiophene rings is 1. The van der Waals surface area contributed by atoms with Crippen LogP contribution in [0.1, 0.15) is 41.3 Å². The Labute approximate surface area is 136 Å². The summed E-state index contributed by atoms with van der Waals surface area (Å²) in [5.74, 6) is -0.265. The molecule has 1 atom stereocenters. The van der Waals surface area contributed by atoms with Gasteiger partial charge in [0.25, 0.3) is 0 Å². The van der Waals surface area contributed by atoms with Crippen molar-refractivity contribution in [1.82, 2.24) is 10.3 Å². The van der Waals surface area contributed by atoms with Gasteiger partial charge in [-0.05, 0) is 30.7 Å². The lowest BCUT2D eigenvalue weighted by Gasteiger charge is -2.15. The molecule has 1 aliphatic carbocycles. The topological polar surface area (TPSA) is 71.1 Å². The van der Waals surface area contributed by atoms with Crippen LogP contribution in [0.25, 0.3) is 0 Å². The zero-order valence-corrected chi connectivity index (χ0v) is 13.9. The molecule has 0 radical (unpaired) electrons. The van der Waals surface area contributed by atoms with E-state index in [1.54, 1.807) is 11.3 Å². The fourth-order valence-corrected chi connectivity index (χ4v) is 4.40. The summed E-state index contributed by atoms with van der Waals surface area (Å²) in [6.45, 7) is 1.46. The maximum atomic E-state index is 12.2. The van der Waals surface area contributed by atoms with E-state index >= 15 is 0 Å². The van der Waals surface area contributed by atoms with Gasteiger partial charge >= 0.3 is 0 Å². The van der Waals surface area contributed by atoms with Crippen LogP contribution in [0.15, 0.2) is 17.5 Å². The van der Waals surface area contributed by atoms with Gasteiger partial charge in [-0.2, -0.15) is 0 Å². The summed E-state index contributed by atoms with van der Waals surface area (Å²) < 4.78 is 0. The summed E-state index contributed by atoms with van der Waals surface area (Å²) in [5.41, 5.74) is 1.12. The predicted molar refractivity (Wildman–Crippen MR) is 88.3 cm³/mol. The van der Waals surface area contributed by atoms with E-state index in [2.05, 4.69) is 15.6 Å². The molecule has 0 saturated heterocycles. The van der Waals surface area contributed by atoms with Gasteiger partial charge in [-0.1, -0.05) is 6.07 Å². The number of thiazole rings is 1. The summed E-state index contributed by atoms with van der Waals surface area (Å²) in [6, 6.07) is 3.55. The van der Waals surface area contributed by atoms with Crippen molar-refractivity contribution in [2.45, 2.75) is 38.6 Å². The highest BCUT2D eigenvalue weighted by atomic mass is 32.1. The zero-order chi connectivity index (χ0) is 15.5. The fraction of sp³-hybridized carbons (Fsp3) is 0.400. The number of hydrogen-bond acceptors (Lipinski definition) is 5. The van der Waals surface area contributed by atoms with Crippen molar-refractivity contribution >= 4 is 39.6 Å². The Morgan fingerprint density at radius 3 is 2.95 bits per heavy atom. The quantitative estimate of drug-likeness (QED) is 0.882. The third-order valence-corrected chi connectivity index (χ3v) is 5.55. The van der Waals surface area contributed by atoms with Gasteiger partial charge in [0.15, 0.2) is 5.13 Å². The fourth-order valence-electron chi connectivity index (χ4n) is 2.56. The molecular formula is C15H17N3O2S2. The molecule has 0 spiro atoms. The molecule has 0 bridgehead atoms. The van der Waals surface area contributed by atoms with Crippen LogP contribution in [0.5, 0.6) is 0 Å². The summed E-state index contributed by atoms with van der Waals surface area (Å²) in [5, 5.41) is 8.30. The average molecular weight is 335 g/mol. The Morgan fingerprint density at radius 2 is 2.27 bits per heavy atom. The number of aryl methyl sites for hydroxylation is 2. The monoisotopic (exact) mass is 335 g/mol. The molecule has 22 heavy (non-hydrogen) atoms. The van der Waals surface area contributed by atoms with Crippen molar-refractivity contribution < 1.29 is 9.59 Å². The minimum Gasteiger partial charge on any atom is -0.348 e. The minimum absolute atomic E-state index is 0.125. The van der Waals surface area contributed by atoms with E-state index in [4.69, 9.17) is 0 Å². The Bertz CT molecular complexity index is 658. The van der Waals surface area contributed by atoms with Crippen molar-refractivity contribution in [2.24, 2.45) is 0 Å². The van der Waals surface area contributed by atoms with E-state index in [1.165, 1.54) is 23.1 Å². The van der Waals surface area contributed by atoms with E-state index < -0.39 is 0 Å². The van der Waals surface area contributed by atoms with Crippen LogP contribution in [0.3, 0.4) is 0 Å². The lowest BCUT2D eigenvalue weighted by Crippen LogP contribution is -2.29. The van der Waals surface area contributed by atoms with E-state index in [0.717, 1.165) is 29.8 Å². The van der Waals surface area contributed by atoms with Gasteiger partial charge in [-0.25, -0.2) is 4.98 Å². The number of amides is 2. The molecule has 0 fully saturated rings. The van der Waals surface area contributed by atoms with Gasteiger partial charge < -0.3 is 10.6 Å². The normalized spacial score (nSPS) is 14.4. The third-order valence-electron chi connectivity index (χ3n) is 3.50. The van der Waals surface area contributed by atoms with Gasteiger partial charge in [0.05, 0.1) is 18.2 Å². The van der Waals surface area contributed by atoms with Gasteiger partial charge in [-0.15, -0.1) is 22.7 Å². The molecule has 7 heteroatoms. The molecule has 1 unspecified atom stereocenters. The zero-order valence-electron chi connectivity index (χ0n) is 12.2. The van der Waals surface area contributed by atoms with E-state index in [0.29, 0.717) is 5.13 Å². The minimum atomic E-state index is -0.288. The van der Waals surface area contributed by atoms with E-state index in [-0.39, 0.29) is 24.3 Å². The molecular weight excluding hydrogens is 318 g/mol. The number of carbonyl (C=O) groups excluding carboxylic acids is 2. The molecule has 0 saturated carbocycles. The number of anilines is 1. The molecule has 3 rings (SSSR count). The molecule has 5 nitrogen and oxygen atoms in total. The van der Waals surface area contributed by atoms with Crippen molar-refractivity contribution in [3.8, 4) is 0 Å². The van der Waals surface area contributed by atoms with Crippen molar-refractivity contribution in [3.05, 3.63) is 33.0 Å². The Kier molecular flexibility index (Phi) is 4.54. The predicted octanol–water partition coefficient (Wildman–Crippen LogP) is 2.90. The molecule has 2 N–H and O–H groups in total. The Morgan fingerprint density at radius 1 is 1.41 bits per heavy atom. The summed E-state index contributed by atoms with van der Waals surface area (Å²) in [6.07, 6.45) is 3.44. The van der Waals surface area contributed by atoms with Crippen LogP contribution >= 0.6 is 22.7 Å². The first-order valence-electron chi connectivity index (χ1n) is 7.21. The largest absolute Gasteiger partial charge is 0.348 e. The highest BCUT2D eigenvalue weighted by molar-refractivity contribution is 7.16. The Balaban J connectivity index is 1.64. The number of nitrogens with one attached hydrogen (secondary N) is 2. The molecule has 2 heterocycles. The summed E-state index contributed by atoms with van der Waals surface area (Å²) in [7, 11) is 0.